The molecule has 10 heteroatoms. The zero-order valence-corrected chi connectivity index (χ0v) is 14.4. The quantitative estimate of drug-likeness (QED) is 0.565. The van der Waals surface area contributed by atoms with Gasteiger partial charge in [0, 0.05) is 32.3 Å². The number of sulfonamides is 1. The van der Waals surface area contributed by atoms with Crippen LogP contribution in [0.5, 0.6) is 0 Å². The molecule has 0 unspecified atom stereocenters. The summed E-state index contributed by atoms with van der Waals surface area (Å²) in [5.74, 6) is 0. The first-order valence-electron chi connectivity index (χ1n) is 7.47. The Hall–Kier alpha value is -1.75. The van der Waals surface area contributed by atoms with Crippen LogP contribution >= 0.6 is 0 Å². The second-order valence-electron chi connectivity index (χ2n) is 5.48. The zero-order valence-electron chi connectivity index (χ0n) is 13.6. The van der Waals surface area contributed by atoms with Crippen molar-refractivity contribution in [2.75, 3.05) is 44.9 Å². The second kappa shape index (κ2) is 7.88. The molecule has 0 aromatic heterocycles. The number of hydrogen-bond acceptors (Lipinski definition) is 7. The number of hydrogen-bond donors (Lipinski definition) is 1. The predicted molar refractivity (Wildman–Crippen MR) is 87.8 cm³/mol. The lowest BCUT2D eigenvalue weighted by molar-refractivity contribution is -0.384. The number of rotatable bonds is 7. The highest BCUT2D eigenvalue weighted by Crippen LogP contribution is 2.31. The lowest BCUT2D eigenvalue weighted by Gasteiger charge is -2.28. The molecule has 1 aromatic rings. The molecule has 1 atom stereocenters. The highest BCUT2D eigenvalue weighted by molar-refractivity contribution is 7.89. The van der Waals surface area contributed by atoms with E-state index in [9.17, 15) is 18.5 Å². The van der Waals surface area contributed by atoms with Crippen LogP contribution in [0.4, 0.5) is 11.4 Å². The normalized spacial score (nSPS) is 16.8. The molecule has 0 bridgehead atoms. The Balaban J connectivity index is 2.32. The molecule has 0 aliphatic carbocycles. The van der Waals surface area contributed by atoms with Crippen LogP contribution < -0.4 is 9.62 Å². The van der Waals surface area contributed by atoms with Crippen LogP contribution in [0.25, 0.3) is 0 Å². The molecule has 9 nitrogen and oxygen atoms in total. The first-order chi connectivity index (χ1) is 11.3. The summed E-state index contributed by atoms with van der Waals surface area (Å²) in [6.07, 6.45) is 0. The Morgan fingerprint density at radius 1 is 1.42 bits per heavy atom. The molecular weight excluding hydrogens is 338 g/mol. The van der Waals surface area contributed by atoms with Gasteiger partial charge in [0.25, 0.3) is 5.69 Å². The fraction of sp³-hybridized carbons (Fsp3) is 0.571. The summed E-state index contributed by atoms with van der Waals surface area (Å²) >= 11 is 0. The Kier molecular flexibility index (Phi) is 6.10. The van der Waals surface area contributed by atoms with Gasteiger partial charge in [-0.25, -0.2) is 13.1 Å². The highest BCUT2D eigenvalue weighted by Gasteiger charge is 2.26. The summed E-state index contributed by atoms with van der Waals surface area (Å²) in [5, 5.41) is 11.4. The van der Waals surface area contributed by atoms with Crippen molar-refractivity contribution in [3.05, 3.63) is 28.3 Å². The molecule has 24 heavy (non-hydrogen) atoms. The number of ether oxygens (including phenoxy) is 2. The van der Waals surface area contributed by atoms with Crippen LogP contribution in [0.2, 0.25) is 0 Å². The van der Waals surface area contributed by atoms with Gasteiger partial charge in [0.1, 0.15) is 5.69 Å². The monoisotopic (exact) mass is 359 g/mol. The number of benzene rings is 1. The summed E-state index contributed by atoms with van der Waals surface area (Å²) in [4.78, 5) is 12.5. The van der Waals surface area contributed by atoms with Crippen LogP contribution in [-0.4, -0.2) is 59.4 Å². The zero-order chi connectivity index (χ0) is 17.7. The molecule has 1 N–H and O–H groups in total. The van der Waals surface area contributed by atoms with Gasteiger partial charge < -0.3 is 14.4 Å². The van der Waals surface area contributed by atoms with Gasteiger partial charge in [-0.2, -0.15) is 0 Å². The lowest BCUT2D eigenvalue weighted by Crippen LogP contribution is -2.37. The van der Waals surface area contributed by atoms with E-state index >= 15 is 0 Å². The lowest BCUT2D eigenvalue weighted by atomic mass is 10.2. The van der Waals surface area contributed by atoms with Crippen molar-refractivity contribution >= 4 is 21.4 Å². The topological polar surface area (TPSA) is 111 Å². The number of nitrogens with zero attached hydrogens (tertiary/aromatic N) is 2. The van der Waals surface area contributed by atoms with Crippen molar-refractivity contribution in [2.24, 2.45) is 0 Å². The van der Waals surface area contributed by atoms with Gasteiger partial charge in [-0.3, -0.25) is 10.1 Å². The molecule has 1 fully saturated rings. The third-order valence-electron chi connectivity index (χ3n) is 3.58. The van der Waals surface area contributed by atoms with Gasteiger partial charge >= 0.3 is 0 Å². The number of nitro groups is 1. The number of nitro benzene ring substituents is 1. The van der Waals surface area contributed by atoms with Gasteiger partial charge in [0.15, 0.2) is 0 Å². The summed E-state index contributed by atoms with van der Waals surface area (Å²) in [7, 11) is -2.40. The first kappa shape index (κ1) is 18.6. The largest absolute Gasteiger partial charge is 0.383 e. The Morgan fingerprint density at radius 3 is 2.67 bits per heavy atom. The second-order valence-corrected chi connectivity index (χ2v) is 7.20. The van der Waals surface area contributed by atoms with E-state index in [4.69, 9.17) is 9.47 Å². The van der Waals surface area contributed by atoms with Crippen molar-refractivity contribution in [3.8, 4) is 0 Å². The number of anilines is 1. The van der Waals surface area contributed by atoms with Crippen molar-refractivity contribution in [3.63, 3.8) is 0 Å². The predicted octanol–water partition coefficient (Wildman–Crippen LogP) is 0.745. The van der Waals surface area contributed by atoms with E-state index in [0.29, 0.717) is 32.0 Å². The first-order valence-corrected chi connectivity index (χ1v) is 8.96. The van der Waals surface area contributed by atoms with Crippen LogP contribution in [0.1, 0.15) is 6.92 Å². The van der Waals surface area contributed by atoms with Gasteiger partial charge in [-0.05, 0) is 19.1 Å². The van der Waals surface area contributed by atoms with Crippen molar-refractivity contribution in [1.82, 2.24) is 4.72 Å². The van der Waals surface area contributed by atoms with E-state index in [1.54, 1.807) is 6.92 Å². The minimum absolute atomic E-state index is 0.144. The number of morpholine rings is 1. The molecule has 0 amide bonds. The molecule has 1 aromatic carbocycles. The third-order valence-corrected chi connectivity index (χ3v) is 5.17. The number of nitrogens with one attached hydrogen (secondary N) is 1. The van der Waals surface area contributed by atoms with E-state index in [2.05, 4.69) is 4.72 Å². The molecule has 0 saturated carbocycles. The molecule has 1 heterocycles. The maximum Gasteiger partial charge on any atom is 0.293 e. The van der Waals surface area contributed by atoms with Crippen LogP contribution in [0, 0.1) is 10.1 Å². The summed E-state index contributed by atoms with van der Waals surface area (Å²) in [5.41, 5.74) is 0.159. The van der Waals surface area contributed by atoms with Crippen LogP contribution in [0.15, 0.2) is 23.1 Å². The van der Waals surface area contributed by atoms with E-state index in [0.717, 1.165) is 6.07 Å². The Bertz CT molecular complexity index is 688. The molecule has 1 aliphatic rings. The number of methoxy groups -OCH3 is 1. The molecule has 134 valence electrons. The highest BCUT2D eigenvalue weighted by atomic mass is 32.2. The summed E-state index contributed by atoms with van der Waals surface area (Å²) < 4.78 is 37.3. The standard InChI is InChI=1S/C14H21N3O6S/c1-11(10-22-2)15-24(20,21)12-3-4-13(14(9-12)17(18)19)16-5-7-23-8-6-16/h3-4,9,11,15H,5-8,10H2,1-2H3/t11-/m1/s1. The maximum atomic E-state index is 12.4. The van der Waals surface area contributed by atoms with E-state index in [1.807, 2.05) is 4.90 Å². The smallest absolute Gasteiger partial charge is 0.293 e. The minimum atomic E-state index is -3.86. The summed E-state index contributed by atoms with van der Waals surface area (Å²) in [6, 6.07) is 3.49. The van der Waals surface area contributed by atoms with E-state index in [1.165, 1.54) is 19.2 Å². The fourth-order valence-corrected chi connectivity index (χ4v) is 3.75. The third kappa shape index (κ3) is 4.41. The molecule has 2 rings (SSSR count). The van der Waals surface area contributed by atoms with Gasteiger partial charge in [0.05, 0.1) is 29.6 Å². The minimum Gasteiger partial charge on any atom is -0.383 e. The van der Waals surface area contributed by atoms with E-state index < -0.39 is 21.0 Å². The molecule has 1 aliphatic heterocycles. The Labute approximate surface area is 140 Å². The van der Waals surface area contributed by atoms with Gasteiger partial charge in [-0.1, -0.05) is 0 Å². The molecule has 0 spiro atoms. The van der Waals surface area contributed by atoms with E-state index in [-0.39, 0.29) is 17.2 Å². The van der Waals surface area contributed by atoms with Gasteiger partial charge in [-0.15, -0.1) is 0 Å². The average Bonchev–Trinajstić information content (AvgIpc) is 2.54. The molecular formula is C14H21N3O6S. The Morgan fingerprint density at radius 2 is 2.08 bits per heavy atom. The van der Waals surface area contributed by atoms with Crippen molar-refractivity contribution in [1.29, 1.82) is 0 Å². The average molecular weight is 359 g/mol. The maximum absolute atomic E-state index is 12.4. The van der Waals surface area contributed by atoms with Crippen LogP contribution in [0.3, 0.4) is 0 Å². The SMILES string of the molecule is COC[C@@H](C)NS(=O)(=O)c1ccc(N2CCOCC2)c([N+](=O)[O-])c1. The van der Waals surface area contributed by atoms with Crippen LogP contribution in [-0.2, 0) is 19.5 Å². The molecule has 0 radical (unpaired) electrons. The van der Waals surface area contributed by atoms with Gasteiger partial charge in [0.2, 0.25) is 10.0 Å². The molecule has 1 saturated heterocycles. The summed E-state index contributed by atoms with van der Waals surface area (Å²) in [6.45, 7) is 3.86. The van der Waals surface area contributed by atoms with Crippen molar-refractivity contribution < 1.29 is 22.8 Å². The van der Waals surface area contributed by atoms with Crippen molar-refractivity contribution in [2.45, 2.75) is 17.9 Å². The fourth-order valence-electron chi connectivity index (χ4n) is 2.51.